The van der Waals surface area contributed by atoms with Crippen molar-refractivity contribution in [2.45, 2.75) is 32.7 Å². The van der Waals surface area contributed by atoms with Crippen LogP contribution in [0.1, 0.15) is 25.8 Å². The van der Waals surface area contributed by atoms with Gasteiger partial charge in [-0.15, -0.1) is 0 Å². The first-order valence-corrected chi connectivity index (χ1v) is 7.61. The molecule has 0 unspecified atom stereocenters. The second-order valence-electron chi connectivity index (χ2n) is 4.78. The second-order valence-corrected chi connectivity index (χ2v) is 6.23. The summed E-state index contributed by atoms with van der Waals surface area (Å²) < 4.78 is 28.5. The van der Waals surface area contributed by atoms with Gasteiger partial charge in [0.25, 0.3) is 10.2 Å². The van der Waals surface area contributed by atoms with Crippen LogP contribution in [0.25, 0.3) is 0 Å². The fourth-order valence-corrected chi connectivity index (χ4v) is 3.15. The van der Waals surface area contributed by atoms with Crippen molar-refractivity contribution in [3.63, 3.8) is 0 Å². The highest BCUT2D eigenvalue weighted by molar-refractivity contribution is 7.90. The zero-order valence-electron chi connectivity index (χ0n) is 10.7. The summed E-state index contributed by atoms with van der Waals surface area (Å²) in [7, 11) is -3.48. The molecule has 1 heterocycles. The number of fused-ring (bicyclic) bond motifs is 1. The summed E-state index contributed by atoms with van der Waals surface area (Å²) in [6, 6.07) is 5.46. The monoisotopic (exact) mass is 269 g/mol. The molecule has 1 aliphatic rings. The Balaban J connectivity index is 2.15. The van der Waals surface area contributed by atoms with E-state index in [4.69, 9.17) is 0 Å². The van der Waals surface area contributed by atoms with E-state index in [-0.39, 0.29) is 6.04 Å². The first-order valence-electron chi connectivity index (χ1n) is 6.13. The molecule has 0 bridgehead atoms. The number of nitrogens with one attached hydrogen (secondary N) is 3. The smallest absolute Gasteiger partial charge is 0.299 e. The van der Waals surface area contributed by atoms with Crippen LogP contribution in [-0.2, 0) is 16.6 Å². The third-order valence-electron chi connectivity index (χ3n) is 2.69. The van der Waals surface area contributed by atoms with Crippen LogP contribution >= 0.6 is 0 Å². The van der Waals surface area contributed by atoms with Crippen LogP contribution in [-0.4, -0.2) is 21.0 Å². The Labute approximate surface area is 108 Å². The van der Waals surface area contributed by atoms with Crippen LogP contribution in [0.2, 0.25) is 0 Å². The highest BCUT2D eigenvalue weighted by Crippen LogP contribution is 2.25. The van der Waals surface area contributed by atoms with E-state index in [0.29, 0.717) is 5.69 Å². The SMILES string of the molecule is CC(C)NS(=O)(=O)Nc1ccc2c(c1)CCCN2. The van der Waals surface area contributed by atoms with E-state index in [1.807, 2.05) is 12.1 Å². The lowest BCUT2D eigenvalue weighted by atomic mass is 10.0. The molecular formula is C12H19N3O2S. The average molecular weight is 269 g/mol. The molecule has 100 valence electrons. The van der Waals surface area contributed by atoms with Gasteiger partial charge in [-0.25, -0.2) is 0 Å². The molecule has 0 atom stereocenters. The minimum Gasteiger partial charge on any atom is -0.385 e. The number of hydrogen-bond acceptors (Lipinski definition) is 3. The van der Waals surface area contributed by atoms with Crippen molar-refractivity contribution >= 4 is 21.6 Å². The van der Waals surface area contributed by atoms with Gasteiger partial charge in [0.05, 0.1) is 5.69 Å². The van der Waals surface area contributed by atoms with Crippen molar-refractivity contribution in [3.05, 3.63) is 23.8 Å². The fourth-order valence-electron chi connectivity index (χ4n) is 2.03. The van der Waals surface area contributed by atoms with E-state index in [1.165, 1.54) is 0 Å². The Morgan fingerprint density at radius 3 is 2.83 bits per heavy atom. The molecule has 0 fully saturated rings. The number of aryl methyl sites for hydroxylation is 1. The maximum absolute atomic E-state index is 11.7. The Kier molecular flexibility index (Phi) is 3.77. The first kappa shape index (κ1) is 13.2. The van der Waals surface area contributed by atoms with Crippen molar-refractivity contribution < 1.29 is 8.42 Å². The van der Waals surface area contributed by atoms with Crippen molar-refractivity contribution in [2.24, 2.45) is 0 Å². The van der Waals surface area contributed by atoms with Gasteiger partial charge in [-0.1, -0.05) is 0 Å². The predicted octanol–water partition coefficient (Wildman–Crippen LogP) is 1.70. The number of benzene rings is 1. The lowest BCUT2D eigenvalue weighted by Gasteiger charge is -2.19. The predicted molar refractivity (Wildman–Crippen MR) is 74.1 cm³/mol. The van der Waals surface area contributed by atoms with Crippen molar-refractivity contribution in [3.8, 4) is 0 Å². The molecule has 0 saturated heterocycles. The molecule has 18 heavy (non-hydrogen) atoms. The van der Waals surface area contributed by atoms with Gasteiger partial charge >= 0.3 is 0 Å². The molecule has 0 spiro atoms. The lowest BCUT2D eigenvalue weighted by molar-refractivity contribution is 0.575. The molecule has 1 aromatic rings. The molecule has 2 rings (SSSR count). The highest BCUT2D eigenvalue weighted by Gasteiger charge is 2.13. The topological polar surface area (TPSA) is 70.2 Å². The summed E-state index contributed by atoms with van der Waals surface area (Å²) in [5.41, 5.74) is 2.86. The van der Waals surface area contributed by atoms with Crippen LogP contribution < -0.4 is 14.8 Å². The Bertz CT molecular complexity index is 526. The molecular weight excluding hydrogens is 250 g/mol. The number of hydrogen-bond donors (Lipinski definition) is 3. The third-order valence-corrected chi connectivity index (χ3v) is 3.97. The molecule has 0 aromatic heterocycles. The minimum absolute atomic E-state index is 0.123. The van der Waals surface area contributed by atoms with Gasteiger partial charge in [0, 0.05) is 18.3 Å². The van der Waals surface area contributed by atoms with E-state index in [0.717, 1.165) is 30.6 Å². The minimum atomic E-state index is -3.48. The highest BCUT2D eigenvalue weighted by atomic mass is 32.2. The van der Waals surface area contributed by atoms with Crippen LogP contribution in [0.15, 0.2) is 18.2 Å². The van der Waals surface area contributed by atoms with Gasteiger partial charge in [-0.05, 0) is 50.5 Å². The zero-order chi connectivity index (χ0) is 13.2. The lowest BCUT2D eigenvalue weighted by Crippen LogP contribution is -2.35. The zero-order valence-corrected chi connectivity index (χ0v) is 11.5. The quantitative estimate of drug-likeness (QED) is 0.779. The maximum Gasteiger partial charge on any atom is 0.299 e. The van der Waals surface area contributed by atoms with Crippen LogP contribution in [0.5, 0.6) is 0 Å². The molecule has 3 N–H and O–H groups in total. The summed E-state index contributed by atoms with van der Waals surface area (Å²) in [5.74, 6) is 0. The molecule has 0 amide bonds. The summed E-state index contributed by atoms with van der Waals surface area (Å²) in [4.78, 5) is 0. The molecule has 0 saturated carbocycles. The van der Waals surface area contributed by atoms with Crippen molar-refractivity contribution in [1.29, 1.82) is 0 Å². The van der Waals surface area contributed by atoms with Gasteiger partial charge in [-0.3, -0.25) is 4.72 Å². The van der Waals surface area contributed by atoms with Gasteiger partial charge in [0.1, 0.15) is 0 Å². The summed E-state index contributed by atoms with van der Waals surface area (Å²) in [6.07, 6.45) is 2.06. The number of rotatable bonds is 4. The molecule has 6 heteroatoms. The Morgan fingerprint density at radius 1 is 1.33 bits per heavy atom. The molecule has 1 aromatic carbocycles. The molecule has 0 radical (unpaired) electrons. The number of anilines is 2. The third kappa shape index (κ3) is 3.36. The fraction of sp³-hybridized carbons (Fsp3) is 0.500. The van der Waals surface area contributed by atoms with E-state index in [9.17, 15) is 8.42 Å². The van der Waals surface area contributed by atoms with Crippen molar-refractivity contribution in [1.82, 2.24) is 4.72 Å². The van der Waals surface area contributed by atoms with E-state index < -0.39 is 10.2 Å². The largest absolute Gasteiger partial charge is 0.385 e. The van der Waals surface area contributed by atoms with Gasteiger partial charge in [0.15, 0.2) is 0 Å². The van der Waals surface area contributed by atoms with Crippen LogP contribution in [0.3, 0.4) is 0 Å². The van der Waals surface area contributed by atoms with Crippen LogP contribution in [0.4, 0.5) is 11.4 Å². The first-order chi connectivity index (χ1) is 8.46. The van der Waals surface area contributed by atoms with Crippen molar-refractivity contribution in [2.75, 3.05) is 16.6 Å². The molecule has 1 aliphatic heterocycles. The molecule has 5 nitrogen and oxygen atoms in total. The van der Waals surface area contributed by atoms with E-state index in [2.05, 4.69) is 14.8 Å². The average Bonchev–Trinajstić information content (AvgIpc) is 2.26. The van der Waals surface area contributed by atoms with Gasteiger partial charge in [-0.2, -0.15) is 13.1 Å². The van der Waals surface area contributed by atoms with Gasteiger partial charge in [0.2, 0.25) is 0 Å². The maximum atomic E-state index is 11.7. The van der Waals surface area contributed by atoms with E-state index >= 15 is 0 Å². The normalized spacial score (nSPS) is 15.1. The summed E-state index contributed by atoms with van der Waals surface area (Å²) >= 11 is 0. The standard InChI is InChI=1S/C12H19N3O2S/c1-9(2)14-18(16,17)15-11-5-6-12-10(8-11)4-3-7-13-12/h5-6,8-9,13-15H,3-4,7H2,1-2H3. The van der Waals surface area contributed by atoms with Crippen LogP contribution in [0, 0.1) is 0 Å². The van der Waals surface area contributed by atoms with E-state index in [1.54, 1.807) is 19.9 Å². The summed E-state index contributed by atoms with van der Waals surface area (Å²) in [5, 5.41) is 3.29. The molecule has 0 aliphatic carbocycles. The Hall–Kier alpha value is -1.27. The Morgan fingerprint density at radius 2 is 2.11 bits per heavy atom. The van der Waals surface area contributed by atoms with Gasteiger partial charge < -0.3 is 5.32 Å². The second kappa shape index (κ2) is 5.16. The summed E-state index contributed by atoms with van der Waals surface area (Å²) in [6.45, 7) is 4.55.